The van der Waals surface area contributed by atoms with Crippen molar-refractivity contribution in [3.8, 4) is 5.75 Å². The van der Waals surface area contributed by atoms with Crippen molar-refractivity contribution >= 4 is 22.7 Å². The summed E-state index contributed by atoms with van der Waals surface area (Å²) in [5.74, 6) is -0.0554. The summed E-state index contributed by atoms with van der Waals surface area (Å²) in [5, 5.41) is 10.3. The van der Waals surface area contributed by atoms with Gasteiger partial charge in [0.05, 0.1) is 11.9 Å². The zero-order valence-corrected chi connectivity index (χ0v) is 20.0. The summed E-state index contributed by atoms with van der Waals surface area (Å²) >= 11 is 0. The Kier molecular flexibility index (Phi) is 6.64. The molecule has 0 fully saturated rings. The van der Waals surface area contributed by atoms with Gasteiger partial charge in [0, 0.05) is 29.6 Å². The molecule has 2 heterocycles. The smallest absolute Gasteiger partial charge is 0.266 e. The number of hydrogen-bond donors (Lipinski definition) is 2. The molecule has 0 bridgehead atoms. The molecule has 1 aromatic heterocycles. The average molecular weight is 482 g/mol. The molecule has 1 atom stereocenters. The van der Waals surface area contributed by atoms with Crippen LogP contribution in [0.4, 0.5) is 0 Å². The Morgan fingerprint density at radius 2 is 1.75 bits per heavy atom. The Balaban J connectivity index is 1.26. The molecular weight excluding hydrogens is 454 g/mol. The van der Waals surface area contributed by atoms with Crippen molar-refractivity contribution in [1.82, 2.24) is 15.4 Å². The number of rotatable bonds is 6. The van der Waals surface area contributed by atoms with Gasteiger partial charge in [0.15, 0.2) is 0 Å². The molecule has 3 aromatic carbocycles. The third-order valence-corrected chi connectivity index (χ3v) is 6.58. The van der Waals surface area contributed by atoms with Crippen molar-refractivity contribution in [3.05, 3.63) is 107 Å². The molecule has 182 valence electrons. The topological polar surface area (TPSA) is 91.8 Å². The van der Waals surface area contributed by atoms with Gasteiger partial charge in [0.1, 0.15) is 18.4 Å². The van der Waals surface area contributed by atoms with Gasteiger partial charge in [-0.05, 0) is 47.9 Å². The number of hydroxylamine groups is 1. The van der Waals surface area contributed by atoms with Crippen molar-refractivity contribution in [2.75, 3.05) is 0 Å². The summed E-state index contributed by atoms with van der Waals surface area (Å²) in [5.41, 5.74) is 7.50. The average Bonchev–Trinajstić information content (AvgIpc) is 2.91. The number of fused-ring (bicyclic) bond motifs is 2. The molecule has 1 aliphatic rings. The fourth-order valence-electron chi connectivity index (χ4n) is 4.75. The molecule has 0 saturated carbocycles. The number of aryl methyl sites for hydroxylation is 1. The lowest BCUT2D eigenvalue weighted by atomic mass is 9.93. The molecule has 0 saturated heterocycles. The van der Waals surface area contributed by atoms with Crippen molar-refractivity contribution in [2.45, 2.75) is 39.0 Å². The van der Waals surface area contributed by atoms with Crippen LogP contribution in [0, 0.1) is 6.92 Å². The van der Waals surface area contributed by atoms with Crippen molar-refractivity contribution in [2.24, 2.45) is 0 Å². The Hall–Kier alpha value is -4.23. The first-order valence-electron chi connectivity index (χ1n) is 11.9. The summed E-state index contributed by atoms with van der Waals surface area (Å²) in [6, 6.07) is 24.4. The van der Waals surface area contributed by atoms with E-state index in [9.17, 15) is 14.8 Å². The predicted molar refractivity (Wildman–Crippen MR) is 135 cm³/mol. The van der Waals surface area contributed by atoms with E-state index in [0.717, 1.165) is 38.9 Å². The van der Waals surface area contributed by atoms with Crippen molar-refractivity contribution in [1.29, 1.82) is 0 Å². The van der Waals surface area contributed by atoms with Gasteiger partial charge in [0.2, 0.25) is 5.91 Å². The molecule has 7 nitrogen and oxygen atoms in total. The second-order valence-corrected chi connectivity index (χ2v) is 9.04. The lowest BCUT2D eigenvalue weighted by molar-refractivity contribution is -0.145. The normalized spacial score (nSPS) is 14.8. The zero-order valence-electron chi connectivity index (χ0n) is 20.0. The molecule has 7 heteroatoms. The zero-order chi connectivity index (χ0) is 25.1. The predicted octanol–water partition coefficient (Wildman–Crippen LogP) is 4.12. The van der Waals surface area contributed by atoms with Gasteiger partial charge in [-0.15, -0.1) is 0 Å². The summed E-state index contributed by atoms with van der Waals surface area (Å²) in [6.45, 7) is 2.71. The van der Waals surface area contributed by atoms with Gasteiger partial charge < -0.3 is 9.64 Å². The number of carbonyl (C=O) groups is 2. The number of aromatic nitrogens is 1. The van der Waals surface area contributed by atoms with E-state index in [1.54, 1.807) is 5.48 Å². The van der Waals surface area contributed by atoms with Gasteiger partial charge in [-0.1, -0.05) is 54.6 Å². The van der Waals surface area contributed by atoms with Gasteiger partial charge in [-0.3, -0.25) is 19.8 Å². The minimum Gasteiger partial charge on any atom is -0.489 e. The lowest BCUT2D eigenvalue weighted by Gasteiger charge is -2.35. The number of amides is 2. The molecule has 2 N–H and O–H groups in total. The van der Waals surface area contributed by atoms with E-state index >= 15 is 0 Å². The summed E-state index contributed by atoms with van der Waals surface area (Å²) in [4.78, 5) is 31.6. The largest absolute Gasteiger partial charge is 0.489 e. The number of nitrogens with one attached hydrogen (secondary N) is 1. The van der Waals surface area contributed by atoms with Crippen molar-refractivity contribution < 1.29 is 19.5 Å². The van der Waals surface area contributed by atoms with Crippen LogP contribution in [0.25, 0.3) is 10.9 Å². The Bertz CT molecular complexity index is 1420. The second-order valence-electron chi connectivity index (χ2n) is 9.04. The third-order valence-electron chi connectivity index (χ3n) is 6.58. The van der Waals surface area contributed by atoms with Crippen LogP contribution in [0.15, 0.2) is 78.9 Å². The third kappa shape index (κ3) is 4.92. The van der Waals surface area contributed by atoms with Crippen LogP contribution < -0.4 is 10.2 Å². The molecule has 2 amide bonds. The van der Waals surface area contributed by atoms with E-state index in [1.165, 1.54) is 4.90 Å². The Morgan fingerprint density at radius 3 is 2.53 bits per heavy atom. The first-order chi connectivity index (χ1) is 17.5. The molecule has 5 rings (SSSR count). The lowest BCUT2D eigenvalue weighted by Crippen LogP contribution is -2.52. The second kappa shape index (κ2) is 10.2. The quantitative estimate of drug-likeness (QED) is 0.319. The highest BCUT2D eigenvalue weighted by Gasteiger charge is 2.34. The highest BCUT2D eigenvalue weighted by atomic mass is 16.5. The number of para-hydroxylation sites is 1. The van der Waals surface area contributed by atoms with E-state index in [4.69, 9.17) is 4.74 Å². The van der Waals surface area contributed by atoms with Gasteiger partial charge in [-0.25, -0.2) is 5.48 Å². The summed E-state index contributed by atoms with van der Waals surface area (Å²) in [7, 11) is 0. The number of pyridine rings is 1. The number of benzene rings is 3. The summed E-state index contributed by atoms with van der Waals surface area (Å²) in [6.07, 6.45) is 0.510. The van der Waals surface area contributed by atoms with Crippen LogP contribution in [0.3, 0.4) is 0 Å². The van der Waals surface area contributed by atoms with Gasteiger partial charge >= 0.3 is 0 Å². The molecule has 0 aliphatic carbocycles. The monoisotopic (exact) mass is 481 g/mol. The summed E-state index contributed by atoms with van der Waals surface area (Å²) < 4.78 is 6.03. The van der Waals surface area contributed by atoms with E-state index in [0.29, 0.717) is 25.3 Å². The number of hydrogen-bond acceptors (Lipinski definition) is 5. The molecular formula is C29H27N3O4. The van der Waals surface area contributed by atoms with E-state index in [-0.39, 0.29) is 12.3 Å². The molecule has 1 aliphatic heterocycles. The van der Waals surface area contributed by atoms with Crippen LogP contribution in [0.2, 0.25) is 0 Å². The molecule has 0 radical (unpaired) electrons. The molecule has 0 unspecified atom stereocenters. The standard InChI is InChI=1S/C29H27N3O4/c1-19-14-23(25-8-4-5-9-26(25)30-19)18-36-24-12-10-20(11-13-24)15-28(33)32-17-22-7-3-2-6-21(22)16-27(32)29(34)31-35/h2-14,27,35H,15-18H2,1H3,(H,31,34)/t27-/m1/s1. The van der Waals surface area contributed by atoms with Crippen LogP contribution >= 0.6 is 0 Å². The maximum atomic E-state index is 13.2. The highest BCUT2D eigenvalue weighted by molar-refractivity contribution is 5.88. The van der Waals surface area contributed by atoms with Crippen molar-refractivity contribution in [3.63, 3.8) is 0 Å². The van der Waals surface area contributed by atoms with Gasteiger partial charge in [-0.2, -0.15) is 0 Å². The minimum absolute atomic E-state index is 0.145. The number of nitrogens with zero attached hydrogens (tertiary/aromatic N) is 2. The van der Waals surface area contributed by atoms with Crippen LogP contribution in [-0.4, -0.2) is 32.9 Å². The van der Waals surface area contributed by atoms with Crippen LogP contribution in [0.1, 0.15) is 27.9 Å². The first-order valence-corrected chi connectivity index (χ1v) is 11.9. The van der Waals surface area contributed by atoms with E-state index in [2.05, 4.69) is 4.98 Å². The van der Waals surface area contributed by atoms with Crippen LogP contribution in [-0.2, 0) is 35.6 Å². The number of carbonyl (C=O) groups excluding carboxylic acids is 2. The SMILES string of the molecule is Cc1cc(COc2ccc(CC(=O)N3Cc4ccccc4C[C@@H]3C(=O)NO)cc2)c2ccccc2n1. The number of ether oxygens (including phenoxy) is 1. The first kappa shape index (κ1) is 23.5. The van der Waals surface area contributed by atoms with Gasteiger partial charge in [0.25, 0.3) is 5.91 Å². The van der Waals surface area contributed by atoms with E-state index in [1.807, 2.05) is 85.8 Å². The fraction of sp³-hybridized carbons (Fsp3) is 0.207. The fourth-order valence-corrected chi connectivity index (χ4v) is 4.75. The molecule has 36 heavy (non-hydrogen) atoms. The highest BCUT2D eigenvalue weighted by Crippen LogP contribution is 2.25. The van der Waals surface area contributed by atoms with Crippen LogP contribution in [0.5, 0.6) is 5.75 Å². The molecule has 4 aromatic rings. The maximum absolute atomic E-state index is 13.2. The minimum atomic E-state index is -0.751. The Morgan fingerprint density at radius 1 is 1.03 bits per heavy atom. The molecule has 0 spiro atoms. The van der Waals surface area contributed by atoms with E-state index < -0.39 is 11.9 Å². The Labute approximate surface area is 209 Å². The maximum Gasteiger partial charge on any atom is 0.266 e.